The molecule has 0 amide bonds. The van der Waals surface area contributed by atoms with E-state index >= 15 is 0 Å². The lowest BCUT2D eigenvalue weighted by Crippen LogP contribution is -2.32. The molecule has 0 aliphatic carbocycles. The molecule has 0 fully saturated rings. The third kappa shape index (κ3) is 3.77. The molecule has 2 rings (SSSR count). The number of halogens is 3. The second kappa shape index (κ2) is 6.20. The number of hydrogen-bond donors (Lipinski definition) is 2. The quantitative estimate of drug-likeness (QED) is 0.825. The first-order valence-electron chi connectivity index (χ1n) is 6.12. The third-order valence-electron chi connectivity index (χ3n) is 2.87. The number of rotatable bonds is 5. The Kier molecular flexibility index (Phi) is 4.54. The monoisotopic (exact) mass is 296 g/mol. The Morgan fingerprint density at radius 1 is 1.05 bits per heavy atom. The fourth-order valence-electron chi connectivity index (χ4n) is 1.75. The predicted octanol–water partition coefficient (Wildman–Crippen LogP) is 1.68. The first-order valence-corrected chi connectivity index (χ1v) is 6.12. The van der Waals surface area contributed by atoms with Gasteiger partial charge in [0.05, 0.1) is 0 Å². The molecular formula is C14H12BF3O3. The van der Waals surface area contributed by atoms with Crippen LogP contribution in [0.1, 0.15) is 5.56 Å². The van der Waals surface area contributed by atoms with Crippen molar-refractivity contribution in [2.75, 3.05) is 6.61 Å². The van der Waals surface area contributed by atoms with Crippen molar-refractivity contribution in [3.63, 3.8) is 0 Å². The summed E-state index contributed by atoms with van der Waals surface area (Å²) in [5, 5.41) is 17.7. The van der Waals surface area contributed by atoms with E-state index in [9.17, 15) is 13.2 Å². The van der Waals surface area contributed by atoms with Crippen molar-refractivity contribution in [3.8, 4) is 5.75 Å². The van der Waals surface area contributed by atoms with Crippen molar-refractivity contribution in [2.24, 2.45) is 0 Å². The summed E-state index contributed by atoms with van der Waals surface area (Å²) in [5.74, 6) is -4.27. The summed E-state index contributed by atoms with van der Waals surface area (Å²) < 4.78 is 46.0. The Hall–Kier alpha value is -1.99. The first kappa shape index (κ1) is 15.4. The highest BCUT2D eigenvalue weighted by atomic mass is 19.3. The maximum Gasteiger partial charge on any atom is 0.491 e. The molecule has 2 aromatic rings. The molecule has 0 saturated heterocycles. The van der Waals surface area contributed by atoms with Crippen LogP contribution >= 0.6 is 0 Å². The highest BCUT2D eigenvalue weighted by Gasteiger charge is 2.32. The van der Waals surface area contributed by atoms with E-state index in [4.69, 9.17) is 14.8 Å². The van der Waals surface area contributed by atoms with Crippen LogP contribution in [0.5, 0.6) is 5.75 Å². The normalized spacial score (nSPS) is 11.3. The summed E-state index contributed by atoms with van der Waals surface area (Å²) in [5.41, 5.74) is -0.551. The second-order valence-electron chi connectivity index (χ2n) is 4.42. The van der Waals surface area contributed by atoms with Gasteiger partial charge in [-0.1, -0.05) is 36.4 Å². The number of ether oxygens (including phenoxy) is 1. The lowest BCUT2D eigenvalue weighted by Gasteiger charge is -2.17. The average Bonchev–Trinajstić information content (AvgIpc) is 2.46. The van der Waals surface area contributed by atoms with E-state index in [1.54, 1.807) is 6.07 Å². The van der Waals surface area contributed by atoms with E-state index in [0.29, 0.717) is 0 Å². The summed E-state index contributed by atoms with van der Waals surface area (Å²) in [6, 6.07) is 10.2. The SMILES string of the molecule is OB(O)c1ccc(OCC(F)(F)c2ccccc2)cc1F. The zero-order valence-electron chi connectivity index (χ0n) is 10.8. The van der Waals surface area contributed by atoms with Crippen LogP contribution in [0.15, 0.2) is 48.5 Å². The van der Waals surface area contributed by atoms with Crippen LogP contribution in [0.3, 0.4) is 0 Å². The van der Waals surface area contributed by atoms with E-state index in [-0.39, 0.29) is 16.8 Å². The van der Waals surface area contributed by atoms with Crippen LogP contribution in [0.25, 0.3) is 0 Å². The first-order chi connectivity index (χ1) is 9.90. The molecule has 2 aromatic carbocycles. The van der Waals surface area contributed by atoms with Gasteiger partial charge in [-0.2, -0.15) is 8.78 Å². The van der Waals surface area contributed by atoms with Gasteiger partial charge in [-0.15, -0.1) is 0 Å². The molecule has 21 heavy (non-hydrogen) atoms. The molecular weight excluding hydrogens is 284 g/mol. The topological polar surface area (TPSA) is 49.7 Å². The van der Waals surface area contributed by atoms with Crippen molar-refractivity contribution >= 4 is 12.6 Å². The zero-order chi connectivity index (χ0) is 15.5. The Morgan fingerprint density at radius 3 is 2.29 bits per heavy atom. The Balaban J connectivity index is 2.08. The summed E-state index contributed by atoms with van der Waals surface area (Å²) in [6.07, 6.45) is 0. The van der Waals surface area contributed by atoms with Crippen molar-refractivity contribution in [1.29, 1.82) is 0 Å². The van der Waals surface area contributed by atoms with Gasteiger partial charge in [0.2, 0.25) is 0 Å². The lowest BCUT2D eigenvalue weighted by molar-refractivity contribution is -0.0467. The fraction of sp³-hybridized carbons (Fsp3) is 0.143. The van der Waals surface area contributed by atoms with Gasteiger partial charge in [0.1, 0.15) is 11.6 Å². The predicted molar refractivity (Wildman–Crippen MR) is 72.1 cm³/mol. The summed E-state index contributed by atoms with van der Waals surface area (Å²) in [4.78, 5) is 0. The van der Waals surface area contributed by atoms with E-state index in [2.05, 4.69) is 0 Å². The maximum atomic E-state index is 13.9. The molecule has 7 heteroatoms. The molecule has 0 bridgehead atoms. The minimum absolute atomic E-state index is 0.118. The molecule has 0 heterocycles. The molecule has 0 unspecified atom stereocenters. The van der Waals surface area contributed by atoms with Gasteiger partial charge in [0, 0.05) is 17.1 Å². The standard InChI is InChI=1S/C14H12BF3O3/c16-13-8-11(6-7-12(13)15(19)20)21-9-14(17,18)10-4-2-1-3-5-10/h1-8,19-20H,9H2. The minimum atomic E-state index is -3.22. The highest BCUT2D eigenvalue weighted by molar-refractivity contribution is 6.58. The van der Waals surface area contributed by atoms with Crippen LogP contribution < -0.4 is 10.2 Å². The van der Waals surface area contributed by atoms with Crippen molar-refractivity contribution < 1.29 is 28.0 Å². The summed E-state index contributed by atoms with van der Waals surface area (Å²) in [7, 11) is -1.97. The number of benzene rings is 2. The highest BCUT2D eigenvalue weighted by Crippen LogP contribution is 2.28. The van der Waals surface area contributed by atoms with Crippen molar-refractivity contribution in [1.82, 2.24) is 0 Å². The van der Waals surface area contributed by atoms with Crippen molar-refractivity contribution in [3.05, 3.63) is 59.9 Å². The molecule has 0 radical (unpaired) electrons. The second-order valence-corrected chi connectivity index (χ2v) is 4.42. The Labute approximate surface area is 119 Å². The van der Waals surface area contributed by atoms with Gasteiger partial charge in [-0.25, -0.2) is 4.39 Å². The third-order valence-corrected chi connectivity index (χ3v) is 2.87. The van der Waals surface area contributed by atoms with Gasteiger partial charge in [0.25, 0.3) is 0 Å². The molecule has 3 nitrogen and oxygen atoms in total. The lowest BCUT2D eigenvalue weighted by atomic mass is 9.80. The molecule has 2 N–H and O–H groups in total. The summed E-state index contributed by atoms with van der Waals surface area (Å²) >= 11 is 0. The maximum absolute atomic E-state index is 13.9. The van der Waals surface area contributed by atoms with E-state index < -0.39 is 25.5 Å². The number of alkyl halides is 2. The van der Waals surface area contributed by atoms with Crippen molar-refractivity contribution in [2.45, 2.75) is 5.92 Å². The smallest absolute Gasteiger partial charge is 0.487 e. The van der Waals surface area contributed by atoms with Crippen LogP contribution in [-0.4, -0.2) is 23.8 Å². The Bertz CT molecular complexity index is 606. The van der Waals surface area contributed by atoms with Crippen LogP contribution in [0.2, 0.25) is 0 Å². The van der Waals surface area contributed by atoms with Crippen LogP contribution in [0.4, 0.5) is 13.2 Å². The fourth-order valence-corrected chi connectivity index (χ4v) is 1.75. The van der Waals surface area contributed by atoms with Gasteiger partial charge < -0.3 is 14.8 Å². The molecule has 0 atom stereocenters. The summed E-state index contributed by atoms with van der Waals surface area (Å²) in [6.45, 7) is -0.947. The average molecular weight is 296 g/mol. The molecule has 0 spiro atoms. The molecule has 0 aromatic heterocycles. The minimum Gasteiger partial charge on any atom is -0.487 e. The molecule has 0 saturated carbocycles. The van der Waals surface area contributed by atoms with Gasteiger partial charge in [-0.05, 0) is 6.07 Å². The van der Waals surface area contributed by atoms with Gasteiger partial charge >= 0.3 is 13.0 Å². The van der Waals surface area contributed by atoms with Gasteiger partial charge in [-0.3, -0.25) is 0 Å². The van der Waals surface area contributed by atoms with E-state index in [0.717, 1.165) is 12.1 Å². The van der Waals surface area contributed by atoms with Crippen LogP contribution in [-0.2, 0) is 5.92 Å². The zero-order valence-corrected chi connectivity index (χ0v) is 10.8. The van der Waals surface area contributed by atoms with Crippen LogP contribution in [0, 0.1) is 5.82 Å². The van der Waals surface area contributed by atoms with E-state index in [1.165, 1.54) is 30.3 Å². The molecule has 0 aliphatic heterocycles. The molecule has 110 valence electrons. The molecule has 0 aliphatic rings. The van der Waals surface area contributed by atoms with Gasteiger partial charge in [0.15, 0.2) is 6.61 Å². The Morgan fingerprint density at radius 2 is 1.71 bits per heavy atom. The van der Waals surface area contributed by atoms with E-state index in [1.807, 2.05) is 0 Å². The number of hydrogen-bond acceptors (Lipinski definition) is 3. The largest absolute Gasteiger partial charge is 0.491 e.